The van der Waals surface area contributed by atoms with Crippen LogP contribution in [-0.4, -0.2) is 18.7 Å². The van der Waals surface area contributed by atoms with Crippen LogP contribution >= 0.6 is 15.9 Å². The molecule has 0 aliphatic rings. The number of halogens is 2. The van der Waals surface area contributed by atoms with Gasteiger partial charge in [0, 0.05) is 17.2 Å². The van der Waals surface area contributed by atoms with E-state index in [1.165, 1.54) is 12.3 Å². The molecule has 1 aromatic heterocycles. The van der Waals surface area contributed by atoms with Gasteiger partial charge in [-0.3, -0.25) is 4.72 Å². The van der Waals surface area contributed by atoms with Gasteiger partial charge in [0.1, 0.15) is 0 Å². The molecule has 0 radical (unpaired) electrons. The molecule has 20 heavy (non-hydrogen) atoms. The van der Waals surface area contributed by atoms with Crippen molar-refractivity contribution < 1.29 is 12.8 Å². The summed E-state index contributed by atoms with van der Waals surface area (Å²) >= 11 is 3.33. The third kappa shape index (κ3) is 3.55. The lowest BCUT2D eigenvalue weighted by molar-refractivity contribution is 0.557. The van der Waals surface area contributed by atoms with Crippen LogP contribution < -0.4 is 4.72 Å². The second-order valence-corrected chi connectivity index (χ2v) is 6.42. The average molecular weight is 359 g/mol. The molecule has 4 nitrogen and oxygen atoms in total. The Labute approximate surface area is 125 Å². The Morgan fingerprint density at radius 2 is 1.90 bits per heavy atom. The van der Waals surface area contributed by atoms with Crippen molar-refractivity contribution in [2.24, 2.45) is 0 Å². The lowest BCUT2D eigenvalue weighted by Crippen LogP contribution is -2.16. The summed E-state index contributed by atoms with van der Waals surface area (Å²) in [7, 11) is -4.01. The van der Waals surface area contributed by atoms with Gasteiger partial charge in [-0.05, 0) is 36.2 Å². The van der Waals surface area contributed by atoms with Gasteiger partial charge >= 0.3 is 0 Å². The molecule has 0 spiro atoms. The molecule has 0 unspecified atom stereocenters. The topological polar surface area (TPSA) is 59.1 Å². The Morgan fingerprint density at radius 1 is 1.20 bits per heavy atom. The van der Waals surface area contributed by atoms with Crippen LogP contribution in [0.2, 0.25) is 0 Å². The van der Waals surface area contributed by atoms with E-state index in [9.17, 15) is 12.8 Å². The summed E-state index contributed by atoms with van der Waals surface area (Å²) in [5.41, 5.74) is 1.45. The Balaban J connectivity index is 2.22. The zero-order chi connectivity index (χ0) is 14.6. The zero-order valence-corrected chi connectivity index (χ0v) is 12.8. The van der Waals surface area contributed by atoms with Crippen molar-refractivity contribution in [2.45, 2.75) is 11.4 Å². The first-order valence-electron chi connectivity index (χ1n) is 5.81. The number of nitrogens with one attached hydrogen (secondary N) is 1. The molecule has 2 rings (SSSR count). The average Bonchev–Trinajstić information content (AvgIpc) is 2.41. The highest BCUT2D eigenvalue weighted by atomic mass is 79.9. The third-order valence-corrected chi connectivity index (χ3v) is 4.28. The number of hydrogen-bond donors (Lipinski definition) is 1. The van der Waals surface area contributed by atoms with E-state index in [1.54, 1.807) is 12.1 Å². The lowest BCUT2D eigenvalue weighted by atomic mass is 10.2. The largest absolute Gasteiger partial charge is 0.282 e. The molecule has 7 heteroatoms. The van der Waals surface area contributed by atoms with E-state index in [2.05, 4.69) is 25.6 Å². The minimum absolute atomic E-state index is 0.369. The van der Waals surface area contributed by atoms with Crippen LogP contribution in [0.3, 0.4) is 0 Å². The number of aromatic nitrogens is 1. The van der Waals surface area contributed by atoms with Crippen molar-refractivity contribution in [1.29, 1.82) is 0 Å². The molecule has 1 heterocycles. The molecule has 1 N–H and O–H groups in total. The molecular formula is C13H12BrFN2O2S. The maximum absolute atomic E-state index is 13.5. The van der Waals surface area contributed by atoms with E-state index in [1.807, 2.05) is 12.1 Å². The van der Waals surface area contributed by atoms with E-state index in [-0.39, 0.29) is 0 Å². The summed E-state index contributed by atoms with van der Waals surface area (Å²) in [4.78, 5) is 3.56. The summed E-state index contributed by atoms with van der Waals surface area (Å²) in [6.45, 7) is 0. The monoisotopic (exact) mass is 358 g/mol. The number of rotatable bonds is 5. The number of nitrogens with zero attached hydrogens (tertiary/aromatic N) is 1. The minimum atomic E-state index is -4.01. The van der Waals surface area contributed by atoms with Crippen molar-refractivity contribution in [3.8, 4) is 0 Å². The van der Waals surface area contributed by atoms with Crippen LogP contribution in [0, 0.1) is 5.82 Å². The van der Waals surface area contributed by atoms with Gasteiger partial charge in [0.15, 0.2) is 5.82 Å². The smallest absolute Gasteiger partial charge is 0.278 e. The molecule has 0 aliphatic heterocycles. The fourth-order valence-corrected chi connectivity index (χ4v) is 3.15. The van der Waals surface area contributed by atoms with E-state index < -0.39 is 20.9 Å². The van der Waals surface area contributed by atoms with Crippen LogP contribution in [-0.2, 0) is 16.4 Å². The Hall–Kier alpha value is -1.47. The number of aryl methyl sites for hydroxylation is 1. The second-order valence-electron chi connectivity index (χ2n) is 4.03. The Bertz CT molecular complexity index is 690. The number of alkyl halides is 1. The summed E-state index contributed by atoms with van der Waals surface area (Å²) in [6.07, 6.45) is 2.08. The summed E-state index contributed by atoms with van der Waals surface area (Å²) < 4.78 is 39.8. The van der Waals surface area contributed by atoms with Gasteiger partial charge in [-0.25, -0.2) is 9.37 Å². The number of benzene rings is 1. The summed E-state index contributed by atoms with van der Waals surface area (Å²) in [5, 5.41) is 0.224. The van der Waals surface area contributed by atoms with Crippen molar-refractivity contribution in [1.82, 2.24) is 4.98 Å². The summed E-state index contributed by atoms with van der Waals surface area (Å²) in [6, 6.07) is 9.29. The molecular weight excluding hydrogens is 347 g/mol. The third-order valence-electron chi connectivity index (χ3n) is 2.57. The van der Waals surface area contributed by atoms with Crippen LogP contribution in [0.15, 0.2) is 47.6 Å². The maximum Gasteiger partial charge on any atom is 0.282 e. The molecule has 0 amide bonds. The SMILES string of the molecule is O=S(=O)(Nc1ccc(CCBr)cc1)c1ncccc1F. The number of sulfonamides is 1. The number of hydrogen-bond acceptors (Lipinski definition) is 3. The van der Waals surface area contributed by atoms with Gasteiger partial charge < -0.3 is 0 Å². The van der Waals surface area contributed by atoms with Gasteiger partial charge in [0.05, 0.1) is 0 Å². The van der Waals surface area contributed by atoms with Gasteiger partial charge in [-0.15, -0.1) is 0 Å². The van der Waals surface area contributed by atoms with Gasteiger partial charge in [0.2, 0.25) is 5.03 Å². The molecule has 0 atom stereocenters. The molecule has 0 saturated carbocycles. The van der Waals surface area contributed by atoms with E-state index in [0.29, 0.717) is 5.69 Å². The van der Waals surface area contributed by atoms with Crippen molar-refractivity contribution in [3.63, 3.8) is 0 Å². The first-order chi connectivity index (χ1) is 9.53. The van der Waals surface area contributed by atoms with Gasteiger partial charge in [-0.2, -0.15) is 8.42 Å². The van der Waals surface area contributed by atoms with Gasteiger partial charge in [0.25, 0.3) is 10.0 Å². The predicted molar refractivity (Wildman–Crippen MR) is 78.9 cm³/mol. The lowest BCUT2D eigenvalue weighted by Gasteiger charge is -2.08. The molecule has 2 aromatic rings. The standard InChI is InChI=1S/C13H12BrFN2O2S/c14-8-7-10-3-5-11(6-4-10)17-20(18,19)13-12(15)2-1-9-16-13/h1-6,9,17H,7-8H2. The normalized spacial score (nSPS) is 11.3. The first-order valence-corrected chi connectivity index (χ1v) is 8.41. The quantitative estimate of drug-likeness (QED) is 0.835. The molecule has 1 aromatic carbocycles. The molecule has 106 valence electrons. The highest BCUT2D eigenvalue weighted by Crippen LogP contribution is 2.17. The zero-order valence-electron chi connectivity index (χ0n) is 10.4. The first kappa shape index (κ1) is 14.9. The van der Waals surface area contributed by atoms with Crippen LogP contribution in [0.5, 0.6) is 0 Å². The molecule has 0 fully saturated rings. The Morgan fingerprint density at radius 3 is 2.50 bits per heavy atom. The fourth-order valence-electron chi connectivity index (χ4n) is 1.62. The predicted octanol–water partition coefficient (Wildman–Crippen LogP) is 2.96. The van der Waals surface area contributed by atoms with E-state index >= 15 is 0 Å². The van der Waals surface area contributed by atoms with Crippen LogP contribution in [0.4, 0.5) is 10.1 Å². The highest BCUT2D eigenvalue weighted by Gasteiger charge is 2.20. The minimum Gasteiger partial charge on any atom is -0.278 e. The number of anilines is 1. The Kier molecular flexibility index (Phi) is 4.72. The van der Waals surface area contributed by atoms with Crippen molar-refractivity contribution >= 4 is 31.6 Å². The summed E-state index contributed by atoms with van der Waals surface area (Å²) in [5.74, 6) is -0.879. The number of pyridine rings is 1. The fraction of sp³-hybridized carbons (Fsp3) is 0.154. The maximum atomic E-state index is 13.5. The van der Waals surface area contributed by atoms with E-state index in [4.69, 9.17) is 0 Å². The van der Waals surface area contributed by atoms with Gasteiger partial charge in [-0.1, -0.05) is 28.1 Å². The van der Waals surface area contributed by atoms with Crippen molar-refractivity contribution in [2.75, 3.05) is 10.1 Å². The molecule has 0 saturated heterocycles. The highest BCUT2D eigenvalue weighted by molar-refractivity contribution is 9.09. The molecule has 0 bridgehead atoms. The van der Waals surface area contributed by atoms with Crippen LogP contribution in [0.25, 0.3) is 0 Å². The second kappa shape index (κ2) is 6.32. The van der Waals surface area contributed by atoms with E-state index in [0.717, 1.165) is 23.4 Å². The molecule has 0 aliphatic carbocycles. The van der Waals surface area contributed by atoms with Crippen molar-refractivity contribution in [3.05, 3.63) is 54.0 Å². The van der Waals surface area contributed by atoms with Crippen LogP contribution in [0.1, 0.15) is 5.56 Å².